The molecule has 0 aliphatic carbocycles. The number of amides is 1. The number of carbonyl (C=O) groups excluding carboxylic acids is 1. The third kappa shape index (κ3) is 4.69. The van der Waals surface area contributed by atoms with E-state index in [4.69, 9.17) is 16.3 Å². The minimum absolute atomic E-state index is 0.219. The molecule has 1 N–H and O–H groups in total. The molecule has 0 bridgehead atoms. The van der Waals surface area contributed by atoms with Crippen molar-refractivity contribution in [3.05, 3.63) is 95.2 Å². The molecule has 0 spiro atoms. The van der Waals surface area contributed by atoms with Crippen LogP contribution in [-0.4, -0.2) is 25.2 Å². The molecular weight excluding hydrogens is 402 g/mol. The molecule has 8 heteroatoms. The van der Waals surface area contributed by atoms with Gasteiger partial charge in [-0.15, -0.1) is 0 Å². The van der Waals surface area contributed by atoms with Gasteiger partial charge in [-0.05, 0) is 42.0 Å². The lowest BCUT2D eigenvalue weighted by molar-refractivity contribution is 0.102. The van der Waals surface area contributed by atoms with E-state index in [1.54, 1.807) is 47.4 Å². The minimum Gasteiger partial charge on any atom is -0.486 e. The minimum atomic E-state index is -0.219. The lowest BCUT2D eigenvalue weighted by atomic mass is 10.2. The third-order valence-electron chi connectivity index (χ3n) is 4.61. The number of aromatic nitrogens is 4. The maximum atomic E-state index is 12.6. The van der Waals surface area contributed by atoms with E-state index in [1.807, 2.05) is 42.1 Å². The molecule has 0 aliphatic rings. The van der Waals surface area contributed by atoms with Gasteiger partial charge in [-0.2, -0.15) is 5.10 Å². The van der Waals surface area contributed by atoms with Gasteiger partial charge >= 0.3 is 0 Å². The summed E-state index contributed by atoms with van der Waals surface area (Å²) in [6.45, 7) is 0.888. The van der Waals surface area contributed by atoms with Gasteiger partial charge < -0.3 is 14.6 Å². The van der Waals surface area contributed by atoms with Gasteiger partial charge in [-0.3, -0.25) is 4.79 Å². The molecule has 2 aromatic carbocycles. The lowest BCUT2D eigenvalue weighted by Gasteiger charge is -2.10. The molecule has 0 saturated heterocycles. The first kappa shape index (κ1) is 19.7. The molecule has 0 unspecified atom stereocenters. The topological polar surface area (TPSA) is 74.0 Å². The molecule has 0 fully saturated rings. The summed E-state index contributed by atoms with van der Waals surface area (Å²) in [5.41, 5.74) is 1.56. The van der Waals surface area contributed by atoms with Crippen molar-refractivity contribution < 1.29 is 9.53 Å². The smallest absolute Gasteiger partial charge is 0.256 e. The van der Waals surface area contributed by atoms with Crippen molar-refractivity contribution in [2.45, 2.75) is 13.2 Å². The summed E-state index contributed by atoms with van der Waals surface area (Å²) < 4.78 is 9.35. The van der Waals surface area contributed by atoms with E-state index in [9.17, 15) is 4.79 Å². The number of nitrogens with zero attached hydrogens (tertiary/aromatic N) is 4. The summed E-state index contributed by atoms with van der Waals surface area (Å²) in [4.78, 5) is 16.9. The number of rotatable bonds is 7. The van der Waals surface area contributed by atoms with Crippen LogP contribution in [0.25, 0.3) is 0 Å². The Morgan fingerprint density at radius 2 is 1.83 bits per heavy atom. The van der Waals surface area contributed by atoms with E-state index in [0.717, 1.165) is 11.4 Å². The maximum Gasteiger partial charge on any atom is 0.256 e. The predicted octanol–water partition coefficient (Wildman–Crippen LogP) is 4.15. The number of aryl methyl sites for hydroxylation is 1. The van der Waals surface area contributed by atoms with Crippen LogP contribution < -0.4 is 10.1 Å². The van der Waals surface area contributed by atoms with Crippen LogP contribution in [-0.2, 0) is 20.2 Å². The van der Waals surface area contributed by atoms with Crippen molar-refractivity contribution >= 4 is 23.3 Å². The van der Waals surface area contributed by atoms with Gasteiger partial charge in [0.25, 0.3) is 5.91 Å². The fourth-order valence-electron chi connectivity index (χ4n) is 2.90. The molecule has 2 heterocycles. The molecule has 4 aromatic rings. The lowest BCUT2D eigenvalue weighted by Crippen LogP contribution is -2.16. The van der Waals surface area contributed by atoms with E-state index >= 15 is 0 Å². The van der Waals surface area contributed by atoms with Crippen molar-refractivity contribution in [3.63, 3.8) is 0 Å². The zero-order valence-electron chi connectivity index (χ0n) is 16.3. The number of carbonyl (C=O) groups is 1. The van der Waals surface area contributed by atoms with E-state index in [1.165, 1.54) is 0 Å². The number of hydrogen-bond donors (Lipinski definition) is 1. The van der Waals surface area contributed by atoms with Gasteiger partial charge in [0, 0.05) is 36.1 Å². The second-order valence-corrected chi connectivity index (χ2v) is 7.16. The SMILES string of the molecule is Cn1ccnc1COc1ccc(C(=O)Nc2ccnn2Cc2ccc(Cl)cc2)cc1. The van der Waals surface area contributed by atoms with Crippen molar-refractivity contribution in [2.24, 2.45) is 7.05 Å². The summed E-state index contributed by atoms with van der Waals surface area (Å²) in [5.74, 6) is 1.89. The van der Waals surface area contributed by atoms with Crippen molar-refractivity contribution in [1.29, 1.82) is 0 Å². The summed E-state index contributed by atoms with van der Waals surface area (Å²) in [6.07, 6.45) is 5.24. The van der Waals surface area contributed by atoms with Crippen LogP contribution in [0.1, 0.15) is 21.7 Å². The van der Waals surface area contributed by atoms with Crippen molar-refractivity contribution in [3.8, 4) is 5.75 Å². The zero-order chi connectivity index (χ0) is 20.9. The van der Waals surface area contributed by atoms with E-state index in [-0.39, 0.29) is 5.91 Å². The average Bonchev–Trinajstić information content (AvgIpc) is 3.37. The molecule has 0 atom stereocenters. The predicted molar refractivity (Wildman–Crippen MR) is 115 cm³/mol. The van der Waals surface area contributed by atoms with Crippen LogP contribution in [0, 0.1) is 0 Å². The first-order valence-corrected chi connectivity index (χ1v) is 9.73. The molecule has 0 radical (unpaired) electrons. The monoisotopic (exact) mass is 421 g/mol. The highest BCUT2D eigenvalue weighted by atomic mass is 35.5. The van der Waals surface area contributed by atoms with Crippen LogP contribution in [0.5, 0.6) is 5.75 Å². The fourth-order valence-corrected chi connectivity index (χ4v) is 3.03. The highest BCUT2D eigenvalue weighted by Crippen LogP contribution is 2.17. The number of benzene rings is 2. The second kappa shape index (κ2) is 8.84. The average molecular weight is 422 g/mol. The number of anilines is 1. The normalized spacial score (nSPS) is 10.7. The van der Waals surface area contributed by atoms with E-state index < -0.39 is 0 Å². The Morgan fingerprint density at radius 1 is 1.07 bits per heavy atom. The maximum absolute atomic E-state index is 12.6. The first-order valence-electron chi connectivity index (χ1n) is 9.35. The molecule has 0 saturated carbocycles. The molecule has 2 aromatic heterocycles. The highest BCUT2D eigenvalue weighted by Gasteiger charge is 2.11. The number of halogens is 1. The number of nitrogens with one attached hydrogen (secondary N) is 1. The van der Waals surface area contributed by atoms with Crippen molar-refractivity contribution in [2.75, 3.05) is 5.32 Å². The first-order chi connectivity index (χ1) is 14.6. The zero-order valence-corrected chi connectivity index (χ0v) is 17.1. The number of imidazole rings is 1. The van der Waals surface area contributed by atoms with E-state index in [2.05, 4.69) is 15.4 Å². The molecule has 30 heavy (non-hydrogen) atoms. The molecular formula is C22H20ClN5O2. The summed E-state index contributed by atoms with van der Waals surface area (Å²) in [5, 5.41) is 7.87. The van der Waals surface area contributed by atoms with Gasteiger partial charge in [0.05, 0.1) is 12.7 Å². The molecule has 4 rings (SSSR count). The Bertz CT molecular complexity index is 1130. The van der Waals surface area contributed by atoms with Gasteiger partial charge in [0.1, 0.15) is 24.0 Å². The second-order valence-electron chi connectivity index (χ2n) is 6.72. The van der Waals surface area contributed by atoms with Crippen LogP contribution in [0.4, 0.5) is 5.82 Å². The van der Waals surface area contributed by atoms with E-state index in [0.29, 0.717) is 35.3 Å². The molecule has 1 amide bonds. The van der Waals surface area contributed by atoms with Crippen LogP contribution >= 0.6 is 11.6 Å². The van der Waals surface area contributed by atoms with Gasteiger partial charge in [0.15, 0.2) is 0 Å². The van der Waals surface area contributed by atoms with Crippen LogP contribution in [0.3, 0.4) is 0 Å². The fraction of sp³-hybridized carbons (Fsp3) is 0.136. The van der Waals surface area contributed by atoms with Crippen molar-refractivity contribution in [1.82, 2.24) is 19.3 Å². The number of ether oxygens (including phenoxy) is 1. The van der Waals surface area contributed by atoms with Gasteiger partial charge in [-0.25, -0.2) is 9.67 Å². The Labute approximate surface area is 178 Å². The van der Waals surface area contributed by atoms with Crippen LogP contribution in [0.2, 0.25) is 5.02 Å². The van der Waals surface area contributed by atoms with Gasteiger partial charge in [-0.1, -0.05) is 23.7 Å². The number of hydrogen-bond acceptors (Lipinski definition) is 4. The Kier molecular flexibility index (Phi) is 5.81. The molecule has 7 nitrogen and oxygen atoms in total. The summed E-state index contributed by atoms with van der Waals surface area (Å²) >= 11 is 5.93. The van der Waals surface area contributed by atoms with Gasteiger partial charge in [0.2, 0.25) is 0 Å². The Morgan fingerprint density at radius 3 is 2.53 bits per heavy atom. The molecule has 0 aliphatic heterocycles. The quantitative estimate of drug-likeness (QED) is 0.486. The largest absolute Gasteiger partial charge is 0.486 e. The Balaban J connectivity index is 1.38. The summed E-state index contributed by atoms with van der Waals surface area (Å²) in [6, 6.07) is 16.3. The highest BCUT2D eigenvalue weighted by molar-refractivity contribution is 6.30. The summed E-state index contributed by atoms with van der Waals surface area (Å²) in [7, 11) is 1.91. The molecule has 152 valence electrons. The Hall–Kier alpha value is -3.58. The standard InChI is InChI=1S/C22H20ClN5O2/c1-27-13-12-24-21(27)15-30-19-8-4-17(5-9-19)22(29)26-20-10-11-25-28(20)14-16-2-6-18(23)7-3-16/h2-13H,14-15H2,1H3,(H,26,29). The van der Waals surface area contributed by atoms with Crippen LogP contribution in [0.15, 0.2) is 73.2 Å². The third-order valence-corrected chi connectivity index (χ3v) is 4.86.